The number of aliphatic hydroxyl groups is 4. The van der Waals surface area contributed by atoms with E-state index in [1.807, 2.05) is 0 Å². The highest BCUT2D eigenvalue weighted by atomic mass is 16.4. The molecule has 0 saturated heterocycles. The van der Waals surface area contributed by atoms with Crippen LogP contribution in [0.5, 0.6) is 5.75 Å². The molecule has 0 radical (unpaired) electrons. The van der Waals surface area contributed by atoms with Crippen LogP contribution in [0.2, 0.25) is 0 Å². The molecule has 2 amide bonds. The number of phenolic OH excluding ortho intramolecular Hbond substituents is 1. The minimum Gasteiger partial charge on any atom is -0.508 e. The number of amides is 2. The van der Waals surface area contributed by atoms with Gasteiger partial charge in [-0.2, -0.15) is 0 Å². The Balaban J connectivity index is 1.98. The molecule has 0 bridgehead atoms. The maximum atomic E-state index is 13.7. The maximum Gasteiger partial charge on any atom is 0.255 e. The van der Waals surface area contributed by atoms with Gasteiger partial charge >= 0.3 is 0 Å². The van der Waals surface area contributed by atoms with Gasteiger partial charge in [0, 0.05) is 38.3 Å². The second kappa shape index (κ2) is 8.57. The van der Waals surface area contributed by atoms with Gasteiger partial charge in [-0.3, -0.25) is 19.2 Å². The monoisotopic (exact) mass is 516 g/mol. The fraction of sp³-hybridized carbons (Fsp3) is 0.417. The Morgan fingerprint density at radius 2 is 1.86 bits per heavy atom. The average Bonchev–Trinajstić information content (AvgIpc) is 2.79. The smallest absolute Gasteiger partial charge is 0.255 e. The molecule has 13 nitrogen and oxygen atoms in total. The van der Waals surface area contributed by atoms with E-state index in [0.29, 0.717) is 11.3 Å². The molecule has 1 aromatic rings. The molecule has 10 N–H and O–H groups in total. The van der Waals surface area contributed by atoms with Crippen molar-refractivity contribution >= 4 is 34.8 Å². The zero-order valence-electron chi connectivity index (χ0n) is 20.2. The van der Waals surface area contributed by atoms with Crippen LogP contribution in [0.4, 0.5) is 5.69 Å². The minimum atomic E-state index is -2.95. The number of phenols is 1. The molecule has 0 spiro atoms. The van der Waals surface area contributed by atoms with Crippen LogP contribution in [0, 0.1) is 5.92 Å². The SMILES string of the molecule is CN(C)c1cc(C(=O)NCCO)c(O)c2c1C[C@H]1C[C@@]3(N)CC(=O)C(C(N)=O)=C(O)[C@@]3(O)C(=O)C1=C2O. The van der Waals surface area contributed by atoms with Crippen LogP contribution in [0.25, 0.3) is 5.76 Å². The molecule has 198 valence electrons. The number of carbonyl (C=O) groups is 4. The number of rotatable bonds is 5. The first-order chi connectivity index (χ1) is 17.2. The van der Waals surface area contributed by atoms with Crippen LogP contribution in [0.3, 0.4) is 0 Å². The number of nitrogens with zero attached hydrogens (tertiary/aromatic N) is 1. The highest BCUT2D eigenvalue weighted by Crippen LogP contribution is 2.54. The van der Waals surface area contributed by atoms with Gasteiger partial charge in [0.05, 0.1) is 23.3 Å². The van der Waals surface area contributed by atoms with Gasteiger partial charge in [0.15, 0.2) is 11.5 Å². The number of Topliss-reactive ketones (excluding diaryl/α,β-unsaturated/α-hetero) is 2. The van der Waals surface area contributed by atoms with E-state index in [2.05, 4.69) is 5.32 Å². The minimum absolute atomic E-state index is 0.0243. The van der Waals surface area contributed by atoms with Crippen LogP contribution in [-0.4, -0.2) is 87.3 Å². The average molecular weight is 517 g/mol. The Bertz CT molecular complexity index is 1330. The Hall–Kier alpha value is -3.94. The van der Waals surface area contributed by atoms with Crippen molar-refractivity contribution < 1.29 is 44.7 Å². The highest BCUT2D eigenvalue weighted by molar-refractivity contribution is 6.23. The van der Waals surface area contributed by atoms with E-state index in [0.717, 1.165) is 0 Å². The molecule has 13 heteroatoms. The van der Waals surface area contributed by atoms with Gasteiger partial charge in [-0.25, -0.2) is 0 Å². The number of nitrogens with two attached hydrogens (primary N) is 2. The fourth-order valence-electron chi connectivity index (χ4n) is 5.63. The van der Waals surface area contributed by atoms with Gasteiger partial charge in [-0.15, -0.1) is 0 Å². The number of hydrogen-bond donors (Lipinski definition) is 8. The predicted molar refractivity (Wildman–Crippen MR) is 129 cm³/mol. The normalized spacial score (nSPS) is 26.9. The molecule has 0 aromatic heterocycles. The fourth-order valence-corrected chi connectivity index (χ4v) is 5.63. The molecule has 1 fully saturated rings. The van der Waals surface area contributed by atoms with E-state index in [1.54, 1.807) is 19.0 Å². The summed E-state index contributed by atoms with van der Waals surface area (Å²) in [5, 5.41) is 55.9. The zero-order chi connectivity index (χ0) is 27.6. The van der Waals surface area contributed by atoms with Gasteiger partial charge in [0.2, 0.25) is 11.4 Å². The van der Waals surface area contributed by atoms with Crippen molar-refractivity contribution in [3.63, 3.8) is 0 Å². The number of fused-ring (bicyclic) bond motifs is 3. The van der Waals surface area contributed by atoms with E-state index in [9.17, 15) is 39.6 Å². The number of benzene rings is 1. The van der Waals surface area contributed by atoms with Crippen molar-refractivity contribution in [2.75, 3.05) is 32.1 Å². The summed E-state index contributed by atoms with van der Waals surface area (Å²) in [6.45, 7) is -0.450. The van der Waals surface area contributed by atoms with Gasteiger partial charge < -0.3 is 47.2 Å². The summed E-state index contributed by atoms with van der Waals surface area (Å²) in [4.78, 5) is 52.4. The molecule has 1 saturated carbocycles. The number of anilines is 1. The van der Waals surface area contributed by atoms with Crippen molar-refractivity contribution in [1.29, 1.82) is 0 Å². The van der Waals surface area contributed by atoms with Crippen LogP contribution >= 0.6 is 0 Å². The first kappa shape index (κ1) is 26.1. The first-order valence-electron chi connectivity index (χ1n) is 11.4. The quantitative estimate of drug-likeness (QED) is 0.205. The summed E-state index contributed by atoms with van der Waals surface area (Å²) in [6, 6.07) is 1.40. The second-order valence-corrected chi connectivity index (χ2v) is 9.77. The highest BCUT2D eigenvalue weighted by Gasteiger charge is 2.67. The molecule has 0 unspecified atom stereocenters. The van der Waals surface area contributed by atoms with Crippen molar-refractivity contribution in [2.24, 2.45) is 17.4 Å². The number of primary amides is 1. The van der Waals surface area contributed by atoms with Gasteiger partial charge in [0.1, 0.15) is 17.1 Å². The van der Waals surface area contributed by atoms with Crippen LogP contribution in [-0.2, 0) is 20.8 Å². The van der Waals surface area contributed by atoms with Crippen molar-refractivity contribution in [3.05, 3.63) is 39.7 Å². The lowest BCUT2D eigenvalue weighted by atomic mass is 9.55. The van der Waals surface area contributed by atoms with E-state index < -0.39 is 69.7 Å². The molecule has 3 aliphatic rings. The lowest BCUT2D eigenvalue weighted by molar-refractivity contribution is -0.150. The molecule has 1 aromatic carbocycles. The van der Waals surface area contributed by atoms with Crippen molar-refractivity contribution in [3.8, 4) is 5.75 Å². The standard InChI is InChI=1S/C24H28N4O9/c1-28(2)12-6-11(22(36)27-3-4-29)17(31)15-10(12)5-9-7-23(26)8-13(30)16(21(25)35)20(34)24(23,37)19(33)14(9)18(15)32/h6,9,29,31-32,34,37H,3-5,7-8,26H2,1-2H3,(H2,25,35)(H,27,36)/t9-,23+,24-/m0/s1. The van der Waals surface area contributed by atoms with Crippen LogP contribution in [0.1, 0.15) is 34.3 Å². The maximum absolute atomic E-state index is 13.7. The Labute approximate surface area is 210 Å². The van der Waals surface area contributed by atoms with Gasteiger partial charge in [0.25, 0.3) is 11.8 Å². The van der Waals surface area contributed by atoms with E-state index in [4.69, 9.17) is 16.6 Å². The van der Waals surface area contributed by atoms with Crippen LogP contribution < -0.4 is 21.7 Å². The lowest BCUT2D eigenvalue weighted by Gasteiger charge is -2.52. The van der Waals surface area contributed by atoms with E-state index >= 15 is 0 Å². The molecule has 0 aliphatic heterocycles. The molecular weight excluding hydrogens is 488 g/mol. The third-order valence-electron chi connectivity index (χ3n) is 7.34. The molecule has 3 aliphatic carbocycles. The molecular formula is C24H28N4O9. The van der Waals surface area contributed by atoms with Gasteiger partial charge in [-0.05, 0) is 30.4 Å². The Morgan fingerprint density at radius 3 is 2.43 bits per heavy atom. The van der Waals surface area contributed by atoms with Crippen molar-refractivity contribution in [1.82, 2.24) is 5.32 Å². The largest absolute Gasteiger partial charge is 0.508 e. The summed E-state index contributed by atoms with van der Waals surface area (Å²) in [7, 11) is 3.34. The Morgan fingerprint density at radius 1 is 1.22 bits per heavy atom. The summed E-state index contributed by atoms with van der Waals surface area (Å²) in [5.74, 6) is -7.79. The number of hydrogen-bond acceptors (Lipinski definition) is 11. The summed E-state index contributed by atoms with van der Waals surface area (Å²) in [6.07, 6.45) is -0.885. The number of carbonyl (C=O) groups excluding carboxylic acids is 4. The van der Waals surface area contributed by atoms with Crippen LogP contribution in [0.15, 0.2) is 23.0 Å². The van der Waals surface area contributed by atoms with Crippen molar-refractivity contribution in [2.45, 2.75) is 30.4 Å². The number of ketones is 2. The second-order valence-electron chi connectivity index (χ2n) is 9.77. The molecule has 3 atom stereocenters. The number of aromatic hydroxyl groups is 1. The molecule has 0 heterocycles. The molecule has 4 rings (SSSR count). The number of nitrogens with one attached hydrogen (secondary N) is 1. The third kappa shape index (κ3) is 3.49. The van der Waals surface area contributed by atoms with E-state index in [1.165, 1.54) is 6.07 Å². The zero-order valence-corrected chi connectivity index (χ0v) is 20.2. The first-order valence-corrected chi connectivity index (χ1v) is 11.4. The summed E-state index contributed by atoms with van der Waals surface area (Å²) < 4.78 is 0. The predicted octanol–water partition coefficient (Wildman–Crippen LogP) is -1.71. The number of aliphatic hydroxyl groups excluding tert-OH is 3. The summed E-state index contributed by atoms with van der Waals surface area (Å²) >= 11 is 0. The third-order valence-corrected chi connectivity index (χ3v) is 7.34. The van der Waals surface area contributed by atoms with E-state index in [-0.39, 0.29) is 42.7 Å². The Kier molecular flexibility index (Phi) is 6.06. The lowest BCUT2D eigenvalue weighted by Crippen LogP contribution is -2.73. The van der Waals surface area contributed by atoms with Gasteiger partial charge in [-0.1, -0.05) is 0 Å². The topological polar surface area (TPSA) is 237 Å². The summed E-state index contributed by atoms with van der Waals surface area (Å²) in [5.41, 5.74) is 5.62. The molecule has 37 heavy (non-hydrogen) atoms.